The van der Waals surface area contributed by atoms with E-state index in [9.17, 15) is 4.79 Å². The second-order valence-corrected chi connectivity index (χ2v) is 4.86. The molecule has 18 heavy (non-hydrogen) atoms. The summed E-state index contributed by atoms with van der Waals surface area (Å²) in [4.78, 5) is 16.4. The molecule has 0 aromatic heterocycles. The average molecular weight is 246 g/mol. The molecule has 4 heteroatoms. The Balaban J connectivity index is 1.89. The van der Waals surface area contributed by atoms with Crippen molar-refractivity contribution in [1.82, 2.24) is 4.90 Å². The van der Waals surface area contributed by atoms with Gasteiger partial charge in [0.05, 0.1) is 11.7 Å². The number of likely N-dealkylation sites (N-methyl/N-ethyl adjacent to an activating group) is 1. The van der Waals surface area contributed by atoms with Gasteiger partial charge in [0.25, 0.3) is 5.91 Å². The number of hydrogen-bond donors (Lipinski definition) is 0. The Morgan fingerprint density at radius 2 is 2.22 bits per heavy atom. The minimum atomic E-state index is 0.0802. The van der Waals surface area contributed by atoms with Gasteiger partial charge in [-0.15, -0.1) is 0 Å². The number of nitrogens with zero attached hydrogens (tertiary/aromatic N) is 2. The summed E-state index contributed by atoms with van der Waals surface area (Å²) in [7, 11) is 0. The summed E-state index contributed by atoms with van der Waals surface area (Å²) in [6, 6.07) is 8.10. The van der Waals surface area contributed by atoms with Crippen molar-refractivity contribution in [2.24, 2.45) is 0 Å². The zero-order valence-corrected chi connectivity index (χ0v) is 10.6. The summed E-state index contributed by atoms with van der Waals surface area (Å²) < 4.78 is 5.47. The van der Waals surface area contributed by atoms with Crippen LogP contribution in [0.3, 0.4) is 0 Å². The van der Waals surface area contributed by atoms with E-state index in [1.807, 2.05) is 29.2 Å². The van der Waals surface area contributed by atoms with E-state index in [4.69, 9.17) is 4.74 Å². The van der Waals surface area contributed by atoms with Crippen molar-refractivity contribution in [3.05, 3.63) is 24.3 Å². The quantitative estimate of drug-likeness (QED) is 0.793. The highest BCUT2D eigenvalue weighted by Crippen LogP contribution is 2.34. The molecule has 0 bridgehead atoms. The molecule has 0 saturated carbocycles. The molecule has 1 aromatic rings. The van der Waals surface area contributed by atoms with E-state index in [0.29, 0.717) is 6.04 Å². The van der Waals surface area contributed by atoms with Crippen molar-refractivity contribution in [2.45, 2.75) is 19.4 Å². The Bertz CT molecular complexity index is 461. The number of likely N-dealkylation sites (tertiary alicyclic amines) is 1. The molecule has 1 amide bonds. The first-order valence-electron chi connectivity index (χ1n) is 6.56. The highest BCUT2D eigenvalue weighted by molar-refractivity contribution is 5.98. The zero-order valence-electron chi connectivity index (χ0n) is 10.6. The molecule has 1 atom stereocenters. The fourth-order valence-corrected chi connectivity index (χ4v) is 2.83. The maximum absolute atomic E-state index is 12.1. The van der Waals surface area contributed by atoms with Crippen molar-refractivity contribution in [1.29, 1.82) is 0 Å². The fourth-order valence-electron chi connectivity index (χ4n) is 2.83. The number of fused-ring (bicyclic) bond motifs is 1. The second-order valence-electron chi connectivity index (χ2n) is 4.86. The highest BCUT2D eigenvalue weighted by Gasteiger charge is 2.34. The molecule has 0 N–H and O–H groups in total. The van der Waals surface area contributed by atoms with Crippen LogP contribution in [0, 0.1) is 0 Å². The summed E-state index contributed by atoms with van der Waals surface area (Å²) in [5.41, 5.74) is 0.928. The molecule has 1 unspecified atom stereocenters. The first kappa shape index (κ1) is 11.5. The molecule has 96 valence electrons. The Morgan fingerprint density at radius 3 is 3.00 bits per heavy atom. The molecule has 0 radical (unpaired) electrons. The van der Waals surface area contributed by atoms with Crippen LogP contribution in [0.4, 0.5) is 5.69 Å². The van der Waals surface area contributed by atoms with Crippen molar-refractivity contribution in [2.75, 3.05) is 31.1 Å². The minimum Gasteiger partial charge on any atom is -0.482 e. The van der Waals surface area contributed by atoms with Gasteiger partial charge in [-0.05, 0) is 25.1 Å². The zero-order chi connectivity index (χ0) is 12.5. The maximum Gasteiger partial charge on any atom is 0.265 e. The molecule has 2 heterocycles. The molecule has 3 rings (SSSR count). The van der Waals surface area contributed by atoms with Crippen molar-refractivity contribution in [3.8, 4) is 5.75 Å². The first-order chi connectivity index (χ1) is 8.79. The molecular weight excluding hydrogens is 228 g/mol. The summed E-state index contributed by atoms with van der Waals surface area (Å²) in [5.74, 6) is 0.906. The van der Waals surface area contributed by atoms with E-state index in [1.54, 1.807) is 0 Å². The number of hydrogen-bond acceptors (Lipinski definition) is 3. The van der Waals surface area contributed by atoms with Crippen LogP contribution in [0.1, 0.15) is 13.3 Å². The third-order valence-electron chi connectivity index (χ3n) is 3.80. The number of carbonyl (C=O) groups is 1. The van der Waals surface area contributed by atoms with E-state index in [-0.39, 0.29) is 12.5 Å². The van der Waals surface area contributed by atoms with E-state index < -0.39 is 0 Å². The molecule has 4 nitrogen and oxygen atoms in total. The van der Waals surface area contributed by atoms with Crippen molar-refractivity contribution >= 4 is 11.6 Å². The summed E-state index contributed by atoms with van der Waals surface area (Å²) in [6.07, 6.45) is 1.05. The average Bonchev–Trinajstić information content (AvgIpc) is 2.87. The van der Waals surface area contributed by atoms with Gasteiger partial charge < -0.3 is 14.5 Å². The normalized spacial score (nSPS) is 23.9. The SMILES string of the molecule is CCN1CCC(N2C(=O)COc3ccccc32)C1. The van der Waals surface area contributed by atoms with Gasteiger partial charge in [0.15, 0.2) is 6.61 Å². The fraction of sp³-hybridized carbons (Fsp3) is 0.500. The van der Waals surface area contributed by atoms with E-state index in [2.05, 4.69) is 11.8 Å². The summed E-state index contributed by atoms with van der Waals surface area (Å²) >= 11 is 0. The number of anilines is 1. The minimum absolute atomic E-state index is 0.0802. The molecule has 2 aliphatic heterocycles. The van der Waals surface area contributed by atoms with E-state index in [1.165, 1.54) is 0 Å². The van der Waals surface area contributed by atoms with E-state index >= 15 is 0 Å². The lowest BCUT2D eigenvalue weighted by Gasteiger charge is -2.34. The smallest absolute Gasteiger partial charge is 0.265 e. The number of benzene rings is 1. The van der Waals surface area contributed by atoms with Gasteiger partial charge in [0, 0.05) is 13.1 Å². The second kappa shape index (κ2) is 4.61. The van der Waals surface area contributed by atoms with Crippen LogP contribution in [0.15, 0.2) is 24.3 Å². The Morgan fingerprint density at radius 1 is 1.39 bits per heavy atom. The van der Waals surface area contributed by atoms with Crippen LogP contribution in [-0.4, -0.2) is 43.1 Å². The number of rotatable bonds is 2. The van der Waals surface area contributed by atoms with Crippen LogP contribution >= 0.6 is 0 Å². The standard InChI is InChI=1S/C14H18N2O2/c1-2-15-8-7-11(9-15)16-12-5-3-4-6-13(12)18-10-14(16)17/h3-6,11H,2,7-10H2,1H3. The van der Waals surface area contributed by atoms with Gasteiger partial charge in [-0.25, -0.2) is 0 Å². The molecule has 0 aliphatic carbocycles. The molecule has 1 aromatic carbocycles. The van der Waals surface area contributed by atoms with E-state index in [0.717, 1.165) is 37.5 Å². The molecule has 1 fully saturated rings. The third-order valence-corrected chi connectivity index (χ3v) is 3.80. The first-order valence-corrected chi connectivity index (χ1v) is 6.56. The van der Waals surface area contributed by atoms with Gasteiger partial charge in [0.1, 0.15) is 5.75 Å². The Hall–Kier alpha value is -1.55. The predicted octanol–water partition coefficient (Wildman–Crippen LogP) is 1.51. The monoisotopic (exact) mass is 246 g/mol. The lowest BCUT2D eigenvalue weighted by molar-refractivity contribution is -0.121. The van der Waals surface area contributed by atoms with Crippen LogP contribution in [-0.2, 0) is 4.79 Å². The van der Waals surface area contributed by atoms with Crippen LogP contribution < -0.4 is 9.64 Å². The number of amides is 1. The van der Waals surface area contributed by atoms with Crippen LogP contribution in [0.5, 0.6) is 5.75 Å². The third kappa shape index (κ3) is 1.86. The van der Waals surface area contributed by atoms with Gasteiger partial charge in [-0.1, -0.05) is 19.1 Å². The largest absolute Gasteiger partial charge is 0.482 e. The number of carbonyl (C=O) groups excluding carboxylic acids is 1. The maximum atomic E-state index is 12.1. The van der Waals surface area contributed by atoms with Gasteiger partial charge in [0.2, 0.25) is 0 Å². The summed E-state index contributed by atoms with van der Waals surface area (Å²) in [6.45, 7) is 5.43. The number of ether oxygens (including phenoxy) is 1. The molecular formula is C14H18N2O2. The lowest BCUT2D eigenvalue weighted by Crippen LogP contribution is -2.46. The number of para-hydroxylation sites is 2. The Labute approximate surface area is 107 Å². The molecule has 0 spiro atoms. The van der Waals surface area contributed by atoms with Crippen molar-refractivity contribution in [3.63, 3.8) is 0 Å². The highest BCUT2D eigenvalue weighted by atomic mass is 16.5. The topological polar surface area (TPSA) is 32.8 Å². The predicted molar refractivity (Wildman–Crippen MR) is 69.9 cm³/mol. The van der Waals surface area contributed by atoms with Crippen LogP contribution in [0.2, 0.25) is 0 Å². The molecule has 2 aliphatic rings. The van der Waals surface area contributed by atoms with Crippen LogP contribution in [0.25, 0.3) is 0 Å². The van der Waals surface area contributed by atoms with Crippen molar-refractivity contribution < 1.29 is 9.53 Å². The van der Waals surface area contributed by atoms with Gasteiger partial charge >= 0.3 is 0 Å². The molecule has 1 saturated heterocycles. The Kier molecular flexibility index (Phi) is 2.96. The van der Waals surface area contributed by atoms with Gasteiger partial charge in [-0.3, -0.25) is 4.79 Å². The lowest BCUT2D eigenvalue weighted by atomic mass is 10.1. The summed E-state index contributed by atoms with van der Waals surface area (Å²) in [5, 5.41) is 0. The van der Waals surface area contributed by atoms with Gasteiger partial charge in [-0.2, -0.15) is 0 Å².